The molecule has 2 heterocycles. The standard InChI is InChI=1S/C20H23N5O2/c1-13(2)22-20-24-18(14-6-5-7-21-12-14)11-19(25-20)23-15-8-16(26-3)10-17(9-15)27-4/h5-13H,1-4H3,(H2,22,23,24,25). The van der Waals surface area contributed by atoms with Crippen molar-refractivity contribution in [1.29, 1.82) is 0 Å². The third kappa shape index (κ3) is 4.84. The van der Waals surface area contributed by atoms with Gasteiger partial charge < -0.3 is 20.1 Å². The van der Waals surface area contributed by atoms with Gasteiger partial charge in [0.2, 0.25) is 5.95 Å². The molecule has 0 aliphatic rings. The number of nitrogens with zero attached hydrogens (tertiary/aromatic N) is 3. The van der Waals surface area contributed by atoms with E-state index in [4.69, 9.17) is 9.47 Å². The van der Waals surface area contributed by atoms with Crippen LogP contribution in [0.4, 0.5) is 17.5 Å². The molecule has 7 heteroatoms. The SMILES string of the molecule is COc1cc(Nc2cc(-c3cccnc3)nc(NC(C)C)n2)cc(OC)c1. The maximum atomic E-state index is 5.33. The van der Waals surface area contributed by atoms with Crippen molar-refractivity contribution >= 4 is 17.5 Å². The zero-order valence-electron chi connectivity index (χ0n) is 15.9. The monoisotopic (exact) mass is 365 g/mol. The zero-order valence-corrected chi connectivity index (χ0v) is 15.9. The minimum atomic E-state index is 0.207. The van der Waals surface area contributed by atoms with E-state index in [1.54, 1.807) is 26.6 Å². The van der Waals surface area contributed by atoms with Gasteiger partial charge in [-0.2, -0.15) is 4.98 Å². The summed E-state index contributed by atoms with van der Waals surface area (Å²) in [4.78, 5) is 13.3. The van der Waals surface area contributed by atoms with Gasteiger partial charge in [0, 0.05) is 54.0 Å². The van der Waals surface area contributed by atoms with Crippen LogP contribution in [0.25, 0.3) is 11.3 Å². The molecule has 0 fully saturated rings. The van der Waals surface area contributed by atoms with E-state index in [1.165, 1.54) is 0 Å². The molecule has 0 atom stereocenters. The highest BCUT2D eigenvalue weighted by Gasteiger charge is 2.10. The highest BCUT2D eigenvalue weighted by Crippen LogP contribution is 2.29. The van der Waals surface area contributed by atoms with E-state index >= 15 is 0 Å². The van der Waals surface area contributed by atoms with Crippen molar-refractivity contribution in [3.63, 3.8) is 0 Å². The molecule has 7 nitrogen and oxygen atoms in total. The van der Waals surface area contributed by atoms with Crippen molar-refractivity contribution in [1.82, 2.24) is 15.0 Å². The first-order valence-electron chi connectivity index (χ1n) is 8.63. The third-order valence-corrected chi connectivity index (χ3v) is 3.73. The molecule has 0 bridgehead atoms. The first-order valence-corrected chi connectivity index (χ1v) is 8.63. The smallest absolute Gasteiger partial charge is 0.225 e. The highest BCUT2D eigenvalue weighted by atomic mass is 16.5. The molecule has 140 valence electrons. The van der Waals surface area contributed by atoms with Crippen LogP contribution in [0.1, 0.15) is 13.8 Å². The predicted molar refractivity (Wildman–Crippen MR) is 107 cm³/mol. The van der Waals surface area contributed by atoms with Crippen LogP contribution >= 0.6 is 0 Å². The Kier molecular flexibility index (Phi) is 5.71. The summed E-state index contributed by atoms with van der Waals surface area (Å²) >= 11 is 0. The molecule has 0 aliphatic carbocycles. The minimum Gasteiger partial charge on any atom is -0.497 e. The minimum absolute atomic E-state index is 0.207. The molecule has 27 heavy (non-hydrogen) atoms. The van der Waals surface area contributed by atoms with Gasteiger partial charge >= 0.3 is 0 Å². The van der Waals surface area contributed by atoms with Crippen LogP contribution in [0.5, 0.6) is 11.5 Å². The Balaban J connectivity index is 1.99. The van der Waals surface area contributed by atoms with Gasteiger partial charge in [0.05, 0.1) is 19.9 Å². The number of anilines is 3. The van der Waals surface area contributed by atoms with Crippen molar-refractivity contribution in [3.8, 4) is 22.8 Å². The number of hydrogen-bond donors (Lipinski definition) is 2. The lowest BCUT2D eigenvalue weighted by Crippen LogP contribution is -2.13. The van der Waals surface area contributed by atoms with Crippen LogP contribution in [0.2, 0.25) is 0 Å². The molecular weight excluding hydrogens is 342 g/mol. The fourth-order valence-corrected chi connectivity index (χ4v) is 2.52. The van der Waals surface area contributed by atoms with Crippen LogP contribution in [-0.2, 0) is 0 Å². The van der Waals surface area contributed by atoms with Gasteiger partial charge in [0.25, 0.3) is 0 Å². The zero-order chi connectivity index (χ0) is 19.2. The summed E-state index contributed by atoms with van der Waals surface area (Å²) < 4.78 is 10.7. The Morgan fingerprint density at radius 1 is 0.963 bits per heavy atom. The Bertz CT molecular complexity index is 878. The molecule has 2 N–H and O–H groups in total. The summed E-state index contributed by atoms with van der Waals surface area (Å²) in [5, 5.41) is 6.56. The second-order valence-electron chi connectivity index (χ2n) is 6.23. The van der Waals surface area contributed by atoms with Gasteiger partial charge in [-0.05, 0) is 26.0 Å². The van der Waals surface area contributed by atoms with E-state index in [1.807, 2.05) is 50.2 Å². The average molecular weight is 365 g/mol. The van der Waals surface area contributed by atoms with Crippen molar-refractivity contribution in [3.05, 3.63) is 48.8 Å². The Morgan fingerprint density at radius 2 is 1.70 bits per heavy atom. The van der Waals surface area contributed by atoms with E-state index in [0.29, 0.717) is 23.3 Å². The fourth-order valence-electron chi connectivity index (χ4n) is 2.52. The lowest BCUT2D eigenvalue weighted by molar-refractivity contribution is 0.395. The largest absolute Gasteiger partial charge is 0.497 e. The average Bonchev–Trinajstić information content (AvgIpc) is 2.67. The third-order valence-electron chi connectivity index (χ3n) is 3.73. The van der Waals surface area contributed by atoms with E-state index < -0.39 is 0 Å². The van der Waals surface area contributed by atoms with Crippen LogP contribution < -0.4 is 20.1 Å². The molecule has 3 aromatic rings. The number of hydrogen-bond acceptors (Lipinski definition) is 7. The number of methoxy groups -OCH3 is 2. The quantitative estimate of drug-likeness (QED) is 0.652. The number of nitrogens with one attached hydrogen (secondary N) is 2. The molecule has 1 aromatic carbocycles. The van der Waals surface area contributed by atoms with Crippen LogP contribution in [0.15, 0.2) is 48.8 Å². The van der Waals surface area contributed by atoms with E-state index in [2.05, 4.69) is 25.6 Å². The molecule has 0 aliphatic heterocycles. The summed E-state index contributed by atoms with van der Waals surface area (Å²) in [7, 11) is 3.24. The lowest BCUT2D eigenvalue weighted by atomic mass is 10.2. The lowest BCUT2D eigenvalue weighted by Gasteiger charge is -2.14. The maximum Gasteiger partial charge on any atom is 0.225 e. The number of aromatic nitrogens is 3. The molecule has 0 saturated heterocycles. The van der Waals surface area contributed by atoms with Crippen molar-refractivity contribution in [2.45, 2.75) is 19.9 Å². The Morgan fingerprint density at radius 3 is 2.30 bits per heavy atom. The molecular formula is C20H23N5O2. The number of benzene rings is 1. The second-order valence-corrected chi connectivity index (χ2v) is 6.23. The summed E-state index contributed by atoms with van der Waals surface area (Å²) in [6, 6.07) is 11.5. The summed E-state index contributed by atoms with van der Waals surface area (Å²) in [6.45, 7) is 4.08. The topological polar surface area (TPSA) is 81.2 Å². The number of ether oxygens (including phenoxy) is 2. The predicted octanol–water partition coefficient (Wildman–Crippen LogP) is 4.12. The number of pyridine rings is 1. The summed E-state index contributed by atoms with van der Waals surface area (Å²) in [5.41, 5.74) is 2.49. The Hall–Kier alpha value is -3.35. The van der Waals surface area contributed by atoms with Crippen LogP contribution in [0, 0.1) is 0 Å². The number of rotatable bonds is 7. The summed E-state index contributed by atoms with van der Waals surface area (Å²) in [6.07, 6.45) is 3.51. The van der Waals surface area contributed by atoms with Gasteiger partial charge in [-0.25, -0.2) is 4.98 Å². The fraction of sp³-hybridized carbons (Fsp3) is 0.250. The van der Waals surface area contributed by atoms with Crippen molar-refractivity contribution in [2.24, 2.45) is 0 Å². The maximum absolute atomic E-state index is 5.33. The molecule has 3 rings (SSSR count). The van der Waals surface area contributed by atoms with E-state index in [-0.39, 0.29) is 6.04 Å². The van der Waals surface area contributed by atoms with Crippen molar-refractivity contribution < 1.29 is 9.47 Å². The van der Waals surface area contributed by atoms with Crippen LogP contribution in [-0.4, -0.2) is 35.2 Å². The van der Waals surface area contributed by atoms with Crippen molar-refractivity contribution in [2.75, 3.05) is 24.9 Å². The molecule has 0 radical (unpaired) electrons. The van der Waals surface area contributed by atoms with E-state index in [0.717, 1.165) is 16.9 Å². The van der Waals surface area contributed by atoms with Gasteiger partial charge in [0.1, 0.15) is 17.3 Å². The Labute approximate surface area is 158 Å². The van der Waals surface area contributed by atoms with E-state index in [9.17, 15) is 0 Å². The second kappa shape index (κ2) is 8.35. The molecule has 0 saturated carbocycles. The van der Waals surface area contributed by atoms with Crippen LogP contribution in [0.3, 0.4) is 0 Å². The van der Waals surface area contributed by atoms with Gasteiger partial charge in [-0.15, -0.1) is 0 Å². The normalized spacial score (nSPS) is 10.6. The summed E-state index contributed by atoms with van der Waals surface area (Å²) in [5.74, 6) is 2.59. The molecule has 0 unspecified atom stereocenters. The first kappa shape index (κ1) is 18.4. The molecule has 0 amide bonds. The van der Waals surface area contributed by atoms with Gasteiger partial charge in [-0.3, -0.25) is 4.98 Å². The van der Waals surface area contributed by atoms with Gasteiger partial charge in [-0.1, -0.05) is 0 Å². The molecule has 0 spiro atoms. The molecule has 2 aromatic heterocycles. The van der Waals surface area contributed by atoms with Gasteiger partial charge in [0.15, 0.2) is 0 Å². The first-order chi connectivity index (χ1) is 13.1. The highest BCUT2D eigenvalue weighted by molar-refractivity contribution is 5.68.